The van der Waals surface area contributed by atoms with Gasteiger partial charge in [0.15, 0.2) is 0 Å². The van der Waals surface area contributed by atoms with E-state index in [0.717, 1.165) is 34.2 Å². The van der Waals surface area contributed by atoms with Gasteiger partial charge < -0.3 is 19.3 Å². The molecule has 1 heterocycles. The molecule has 1 aromatic rings. The molecule has 7 nitrogen and oxygen atoms in total. The molecule has 2 unspecified atom stereocenters. The zero-order valence-electron chi connectivity index (χ0n) is 21.7. The summed E-state index contributed by atoms with van der Waals surface area (Å²) >= 11 is 0. The van der Waals surface area contributed by atoms with Crippen molar-refractivity contribution in [3.63, 3.8) is 0 Å². The van der Waals surface area contributed by atoms with Crippen LogP contribution in [0.15, 0.2) is 17.0 Å². The van der Waals surface area contributed by atoms with Crippen molar-refractivity contribution in [3.8, 4) is 5.75 Å². The lowest BCUT2D eigenvalue weighted by molar-refractivity contribution is -0.135. The molecule has 192 valence electrons. The number of likely N-dealkylation sites (N-methyl/N-ethyl adjacent to an activating group) is 2. The summed E-state index contributed by atoms with van der Waals surface area (Å²) < 4.78 is 25.7. The normalized spacial score (nSPS) is 21.8. The van der Waals surface area contributed by atoms with E-state index in [9.17, 15) is 9.00 Å². The van der Waals surface area contributed by atoms with Crippen LogP contribution in [-0.2, 0) is 20.5 Å². The summed E-state index contributed by atoms with van der Waals surface area (Å²) in [5.74, 6) is 2.18. The number of rotatable bonds is 12. The van der Waals surface area contributed by atoms with Gasteiger partial charge in [0.25, 0.3) is 0 Å². The second-order valence-electron chi connectivity index (χ2n) is 10.1. The van der Waals surface area contributed by atoms with E-state index in [1.165, 1.54) is 51.7 Å². The van der Waals surface area contributed by atoms with Gasteiger partial charge >= 0.3 is 0 Å². The number of aryl methyl sites for hydroxylation is 2. The van der Waals surface area contributed by atoms with E-state index in [1.807, 2.05) is 45.0 Å². The maximum Gasteiger partial charge on any atom is 0.248 e. The van der Waals surface area contributed by atoms with Crippen LogP contribution in [0.25, 0.3) is 0 Å². The fourth-order valence-electron chi connectivity index (χ4n) is 5.33. The second-order valence-corrected chi connectivity index (χ2v) is 11.6. The average Bonchev–Trinajstić information content (AvgIpc) is 3.48. The molecule has 2 aliphatic rings. The first-order valence-electron chi connectivity index (χ1n) is 12.6. The first kappa shape index (κ1) is 27.1. The van der Waals surface area contributed by atoms with Crippen LogP contribution < -0.4 is 4.74 Å². The Hall–Kier alpha value is -1.48. The monoisotopic (exact) mass is 493 g/mol. The maximum absolute atomic E-state index is 13.0. The summed E-state index contributed by atoms with van der Waals surface area (Å²) in [7, 11) is 4.04. The second kappa shape index (κ2) is 13.0. The van der Waals surface area contributed by atoms with Crippen molar-refractivity contribution in [2.24, 2.45) is 11.8 Å². The molecule has 0 aromatic heterocycles. The third-order valence-electron chi connectivity index (χ3n) is 7.23. The summed E-state index contributed by atoms with van der Waals surface area (Å²) in [5.41, 5.74) is 1.88. The molecule has 0 N–H and O–H groups in total. The largest absolute Gasteiger partial charge is 0.497 e. The lowest BCUT2D eigenvalue weighted by atomic mass is 10.0. The number of hydrogen-bond donors (Lipinski definition) is 0. The number of carbonyl (C=O) groups excluding carboxylic acids is 1. The summed E-state index contributed by atoms with van der Waals surface area (Å²) in [4.78, 5) is 17.8. The van der Waals surface area contributed by atoms with Crippen molar-refractivity contribution in [2.45, 2.75) is 50.8 Å². The highest BCUT2D eigenvalue weighted by molar-refractivity contribution is 7.82. The number of nitrogens with zero attached hydrogens (tertiary/aromatic N) is 3. The van der Waals surface area contributed by atoms with Gasteiger partial charge in [-0.25, -0.2) is 8.51 Å². The minimum Gasteiger partial charge on any atom is -0.497 e. The lowest BCUT2D eigenvalue weighted by Crippen LogP contribution is -2.35. The number of methoxy groups -OCH3 is 1. The van der Waals surface area contributed by atoms with Crippen LogP contribution in [0.2, 0.25) is 0 Å². The van der Waals surface area contributed by atoms with E-state index < -0.39 is 11.0 Å². The van der Waals surface area contributed by atoms with E-state index >= 15 is 0 Å². The molecule has 3 atom stereocenters. The molecular weight excluding hydrogens is 450 g/mol. The molecular formula is C26H43N3O4S. The first-order valence-corrected chi connectivity index (χ1v) is 13.7. The topological polar surface area (TPSA) is 62.3 Å². The van der Waals surface area contributed by atoms with Gasteiger partial charge in [0.2, 0.25) is 5.91 Å². The highest BCUT2D eigenvalue weighted by Gasteiger charge is 2.28. The third kappa shape index (κ3) is 7.51. The number of amides is 1. The standard InChI is InChI=1S/C26H43N3O4S/c1-20-14-24(32-5)15-21(2)26(20)34(31)28(4)12-13-33-19-25(30)27(3)17-22-8-9-23(16-22)18-29-10-6-7-11-29/h14-15,22-23H,6-13,16-19H2,1-5H3/t22-,23?,34?/m0/s1. The Morgan fingerprint density at radius 3 is 2.41 bits per heavy atom. The summed E-state index contributed by atoms with van der Waals surface area (Å²) in [6.07, 6.45) is 6.43. The molecule has 0 bridgehead atoms. The van der Waals surface area contributed by atoms with E-state index in [0.29, 0.717) is 19.1 Å². The number of hydrogen-bond acceptors (Lipinski definition) is 5. The smallest absolute Gasteiger partial charge is 0.248 e. The third-order valence-corrected chi connectivity index (χ3v) is 8.97. The summed E-state index contributed by atoms with van der Waals surface area (Å²) in [5, 5.41) is 0. The predicted octanol–water partition coefficient (Wildman–Crippen LogP) is 3.25. The quantitative estimate of drug-likeness (QED) is 0.418. The van der Waals surface area contributed by atoms with E-state index in [4.69, 9.17) is 9.47 Å². The molecule has 0 spiro atoms. The van der Waals surface area contributed by atoms with Crippen molar-refractivity contribution in [1.29, 1.82) is 0 Å². The van der Waals surface area contributed by atoms with E-state index in [-0.39, 0.29) is 12.5 Å². The number of likely N-dealkylation sites (tertiary alicyclic amines) is 1. The van der Waals surface area contributed by atoms with Gasteiger partial charge in [-0.3, -0.25) is 4.79 Å². The minimum absolute atomic E-state index is 0.0219. The molecule has 1 saturated carbocycles. The van der Waals surface area contributed by atoms with Crippen molar-refractivity contribution in [3.05, 3.63) is 23.3 Å². The van der Waals surface area contributed by atoms with Gasteiger partial charge in [-0.1, -0.05) is 0 Å². The highest BCUT2D eigenvalue weighted by atomic mass is 32.2. The fourth-order valence-corrected chi connectivity index (χ4v) is 6.56. The molecule has 1 saturated heterocycles. The molecule has 2 fully saturated rings. The van der Waals surface area contributed by atoms with Gasteiger partial charge in [0, 0.05) is 33.7 Å². The van der Waals surface area contributed by atoms with Gasteiger partial charge in [0.05, 0.1) is 18.6 Å². The SMILES string of the molecule is COc1cc(C)c(S(=O)N(C)CCOCC(=O)N(C)C[C@H]2CCC(CN3CCCC3)C2)c(C)c1. The lowest BCUT2D eigenvalue weighted by Gasteiger charge is -2.23. The van der Waals surface area contributed by atoms with Crippen LogP contribution in [0.5, 0.6) is 5.75 Å². The Balaban J connectivity index is 1.35. The Bertz CT molecular complexity index is 820. The van der Waals surface area contributed by atoms with Gasteiger partial charge in [0.1, 0.15) is 23.3 Å². The summed E-state index contributed by atoms with van der Waals surface area (Å²) in [6.45, 7) is 9.38. The molecule has 0 radical (unpaired) electrons. The Labute approximate surface area is 208 Å². The van der Waals surface area contributed by atoms with Gasteiger partial charge in [-0.15, -0.1) is 0 Å². The molecule has 1 aliphatic heterocycles. The molecule has 1 amide bonds. The number of benzene rings is 1. The highest BCUT2D eigenvalue weighted by Crippen LogP contribution is 2.32. The molecule has 1 aromatic carbocycles. The van der Waals surface area contributed by atoms with Crippen LogP contribution in [0.4, 0.5) is 0 Å². The predicted molar refractivity (Wildman–Crippen MR) is 136 cm³/mol. The molecule has 3 rings (SSSR count). The average molecular weight is 494 g/mol. The van der Waals surface area contributed by atoms with Gasteiger partial charge in [-0.2, -0.15) is 0 Å². The number of carbonyl (C=O) groups is 1. The molecule has 34 heavy (non-hydrogen) atoms. The van der Waals surface area contributed by atoms with Gasteiger partial charge in [-0.05, 0) is 94.1 Å². The van der Waals surface area contributed by atoms with Crippen LogP contribution in [0, 0.1) is 25.7 Å². The Morgan fingerprint density at radius 1 is 1.12 bits per heavy atom. The molecule has 8 heteroatoms. The molecule has 1 aliphatic carbocycles. The van der Waals surface area contributed by atoms with E-state index in [2.05, 4.69) is 4.90 Å². The van der Waals surface area contributed by atoms with Crippen LogP contribution in [-0.4, -0.2) is 91.4 Å². The first-order chi connectivity index (χ1) is 16.3. The fraction of sp³-hybridized carbons (Fsp3) is 0.731. The van der Waals surface area contributed by atoms with Crippen molar-refractivity contribution in [1.82, 2.24) is 14.1 Å². The van der Waals surface area contributed by atoms with Crippen molar-refractivity contribution < 1.29 is 18.5 Å². The Kier molecular flexibility index (Phi) is 10.4. The van der Waals surface area contributed by atoms with Crippen molar-refractivity contribution in [2.75, 3.05) is 67.1 Å². The van der Waals surface area contributed by atoms with Crippen LogP contribution >= 0.6 is 0 Å². The Morgan fingerprint density at radius 2 is 1.76 bits per heavy atom. The van der Waals surface area contributed by atoms with Crippen LogP contribution in [0.1, 0.15) is 43.2 Å². The maximum atomic E-state index is 13.0. The minimum atomic E-state index is -1.29. The summed E-state index contributed by atoms with van der Waals surface area (Å²) in [6, 6.07) is 3.80. The zero-order valence-corrected chi connectivity index (χ0v) is 22.5. The van der Waals surface area contributed by atoms with Crippen LogP contribution in [0.3, 0.4) is 0 Å². The van der Waals surface area contributed by atoms with E-state index in [1.54, 1.807) is 11.4 Å². The van der Waals surface area contributed by atoms with Crippen molar-refractivity contribution >= 4 is 16.9 Å². The number of ether oxygens (including phenoxy) is 2. The zero-order chi connectivity index (χ0) is 24.7.